The minimum atomic E-state index is 0.622. The van der Waals surface area contributed by atoms with E-state index in [2.05, 4.69) is 12.1 Å². The Labute approximate surface area is 96.3 Å². The van der Waals surface area contributed by atoms with Gasteiger partial charge >= 0.3 is 0 Å². The van der Waals surface area contributed by atoms with Gasteiger partial charge in [-0.2, -0.15) is 0 Å². The molecule has 1 saturated carbocycles. The lowest BCUT2D eigenvalue weighted by atomic mass is 9.98. The molecule has 3 rings (SSSR count). The molecule has 84 valence electrons. The molecular weight excluding hydrogens is 198 g/mol. The van der Waals surface area contributed by atoms with Gasteiger partial charge in [0.25, 0.3) is 0 Å². The smallest absolute Gasteiger partial charge is 0.118 e. The SMILES string of the molecule is COc1ccc(C2=N[C@@H]3CCC[C@@H]3C2)cc1. The minimum absolute atomic E-state index is 0.622. The molecule has 0 radical (unpaired) electrons. The summed E-state index contributed by atoms with van der Waals surface area (Å²) in [7, 11) is 1.70. The zero-order valence-corrected chi connectivity index (χ0v) is 9.65. The second-order valence-corrected chi connectivity index (χ2v) is 4.77. The maximum atomic E-state index is 5.17. The Morgan fingerprint density at radius 2 is 2.00 bits per heavy atom. The van der Waals surface area contributed by atoms with Crippen LogP contribution >= 0.6 is 0 Å². The van der Waals surface area contributed by atoms with E-state index in [1.165, 1.54) is 37.0 Å². The van der Waals surface area contributed by atoms with E-state index < -0.39 is 0 Å². The van der Waals surface area contributed by atoms with Crippen LogP contribution < -0.4 is 4.74 Å². The first-order valence-corrected chi connectivity index (χ1v) is 6.08. The second-order valence-electron chi connectivity index (χ2n) is 4.77. The van der Waals surface area contributed by atoms with E-state index in [1.54, 1.807) is 7.11 Å². The molecule has 0 unspecified atom stereocenters. The summed E-state index contributed by atoms with van der Waals surface area (Å²) in [6.45, 7) is 0. The van der Waals surface area contributed by atoms with E-state index in [9.17, 15) is 0 Å². The predicted octanol–water partition coefficient (Wildman–Crippen LogP) is 3.06. The molecule has 1 fully saturated rings. The van der Waals surface area contributed by atoms with Crippen LogP contribution in [0.2, 0.25) is 0 Å². The molecule has 1 aliphatic heterocycles. The van der Waals surface area contributed by atoms with Crippen molar-refractivity contribution in [3.05, 3.63) is 29.8 Å². The van der Waals surface area contributed by atoms with Crippen molar-refractivity contribution < 1.29 is 4.74 Å². The first-order chi connectivity index (χ1) is 7.86. The molecule has 1 aliphatic carbocycles. The number of fused-ring (bicyclic) bond motifs is 1. The van der Waals surface area contributed by atoms with Crippen molar-refractivity contribution in [3.8, 4) is 5.75 Å². The van der Waals surface area contributed by atoms with E-state index >= 15 is 0 Å². The summed E-state index contributed by atoms with van der Waals surface area (Å²) in [5.74, 6) is 1.75. The Morgan fingerprint density at radius 3 is 2.69 bits per heavy atom. The number of nitrogens with zero attached hydrogens (tertiary/aromatic N) is 1. The first kappa shape index (κ1) is 9.88. The van der Waals surface area contributed by atoms with E-state index in [0.29, 0.717) is 6.04 Å². The minimum Gasteiger partial charge on any atom is -0.497 e. The number of ether oxygens (including phenoxy) is 1. The average Bonchev–Trinajstić information content (AvgIpc) is 2.89. The molecule has 0 spiro atoms. The number of aliphatic imine (C=N–C) groups is 1. The van der Waals surface area contributed by atoms with Crippen LogP contribution in [0, 0.1) is 5.92 Å². The maximum absolute atomic E-state index is 5.17. The number of hydrogen-bond donors (Lipinski definition) is 0. The zero-order valence-electron chi connectivity index (χ0n) is 9.65. The van der Waals surface area contributed by atoms with Gasteiger partial charge in [0.1, 0.15) is 5.75 Å². The largest absolute Gasteiger partial charge is 0.497 e. The fourth-order valence-electron chi connectivity index (χ4n) is 2.90. The summed E-state index contributed by atoms with van der Waals surface area (Å²) in [5.41, 5.74) is 2.58. The van der Waals surface area contributed by atoms with Gasteiger partial charge in [-0.25, -0.2) is 0 Å². The Kier molecular flexibility index (Phi) is 2.43. The van der Waals surface area contributed by atoms with Gasteiger partial charge in [-0.3, -0.25) is 4.99 Å². The summed E-state index contributed by atoms with van der Waals surface area (Å²) in [6.07, 6.45) is 5.21. The van der Waals surface area contributed by atoms with Gasteiger partial charge in [0.2, 0.25) is 0 Å². The quantitative estimate of drug-likeness (QED) is 0.743. The van der Waals surface area contributed by atoms with Crippen LogP contribution in [0.15, 0.2) is 29.3 Å². The average molecular weight is 215 g/mol. The summed E-state index contributed by atoms with van der Waals surface area (Å²) in [4.78, 5) is 4.85. The first-order valence-electron chi connectivity index (χ1n) is 6.08. The molecule has 1 aromatic carbocycles. The lowest BCUT2D eigenvalue weighted by Gasteiger charge is -2.05. The third-order valence-corrected chi connectivity index (χ3v) is 3.82. The van der Waals surface area contributed by atoms with Gasteiger partial charge in [0.05, 0.1) is 13.2 Å². The van der Waals surface area contributed by atoms with Gasteiger partial charge in [-0.05, 0) is 55.0 Å². The number of hydrogen-bond acceptors (Lipinski definition) is 2. The molecule has 2 aliphatic rings. The fourth-order valence-corrected chi connectivity index (χ4v) is 2.90. The molecule has 16 heavy (non-hydrogen) atoms. The van der Waals surface area contributed by atoms with Crippen molar-refractivity contribution in [2.45, 2.75) is 31.7 Å². The van der Waals surface area contributed by atoms with E-state index in [-0.39, 0.29) is 0 Å². The van der Waals surface area contributed by atoms with Crippen molar-refractivity contribution >= 4 is 5.71 Å². The molecule has 0 bridgehead atoms. The summed E-state index contributed by atoms with van der Waals surface area (Å²) < 4.78 is 5.17. The maximum Gasteiger partial charge on any atom is 0.118 e. The van der Waals surface area contributed by atoms with Crippen LogP contribution in [0.5, 0.6) is 5.75 Å². The normalized spacial score (nSPS) is 27.7. The lowest BCUT2D eigenvalue weighted by molar-refractivity contribution is 0.415. The Hall–Kier alpha value is -1.31. The highest BCUT2D eigenvalue weighted by Crippen LogP contribution is 2.37. The van der Waals surface area contributed by atoms with E-state index in [0.717, 1.165) is 11.7 Å². The third-order valence-electron chi connectivity index (χ3n) is 3.82. The van der Waals surface area contributed by atoms with Crippen molar-refractivity contribution in [1.29, 1.82) is 0 Å². The molecule has 0 saturated heterocycles. The van der Waals surface area contributed by atoms with Crippen molar-refractivity contribution in [2.24, 2.45) is 10.9 Å². The zero-order chi connectivity index (χ0) is 11.0. The van der Waals surface area contributed by atoms with Gasteiger partial charge in [0.15, 0.2) is 0 Å². The van der Waals surface area contributed by atoms with E-state index in [1.807, 2.05) is 12.1 Å². The summed E-state index contributed by atoms with van der Waals surface area (Å²) in [6, 6.07) is 8.91. The highest BCUT2D eigenvalue weighted by atomic mass is 16.5. The van der Waals surface area contributed by atoms with Crippen molar-refractivity contribution in [1.82, 2.24) is 0 Å². The Bertz CT molecular complexity index is 407. The lowest BCUT2D eigenvalue weighted by Crippen LogP contribution is -2.04. The third kappa shape index (κ3) is 1.62. The molecule has 2 heteroatoms. The molecule has 0 aromatic heterocycles. The van der Waals surface area contributed by atoms with Gasteiger partial charge in [-0.1, -0.05) is 6.42 Å². The molecule has 2 nitrogen and oxygen atoms in total. The van der Waals surface area contributed by atoms with Gasteiger partial charge in [-0.15, -0.1) is 0 Å². The van der Waals surface area contributed by atoms with Gasteiger partial charge < -0.3 is 4.74 Å². The van der Waals surface area contributed by atoms with Crippen LogP contribution in [0.1, 0.15) is 31.2 Å². The molecule has 1 heterocycles. The molecule has 1 aromatic rings. The number of benzene rings is 1. The highest BCUT2D eigenvalue weighted by Gasteiger charge is 2.33. The second kappa shape index (κ2) is 3.93. The monoisotopic (exact) mass is 215 g/mol. The highest BCUT2D eigenvalue weighted by molar-refractivity contribution is 6.02. The summed E-state index contributed by atoms with van der Waals surface area (Å²) in [5, 5.41) is 0. The van der Waals surface area contributed by atoms with E-state index in [4.69, 9.17) is 9.73 Å². The number of methoxy groups -OCH3 is 1. The number of rotatable bonds is 2. The van der Waals surface area contributed by atoms with Crippen LogP contribution in [-0.4, -0.2) is 18.9 Å². The van der Waals surface area contributed by atoms with Crippen LogP contribution in [0.4, 0.5) is 0 Å². The van der Waals surface area contributed by atoms with Crippen LogP contribution in [-0.2, 0) is 0 Å². The predicted molar refractivity (Wildman–Crippen MR) is 65.3 cm³/mol. The standard InChI is InChI=1S/C14H17NO/c1-16-12-7-5-10(6-8-12)14-9-11-3-2-4-13(11)15-14/h5-8,11,13H,2-4,9H2,1H3/t11-,13-/m1/s1. The Morgan fingerprint density at radius 1 is 1.19 bits per heavy atom. The van der Waals surface area contributed by atoms with Crippen LogP contribution in [0.25, 0.3) is 0 Å². The molecule has 0 N–H and O–H groups in total. The van der Waals surface area contributed by atoms with Crippen LogP contribution in [0.3, 0.4) is 0 Å². The Balaban J connectivity index is 1.82. The van der Waals surface area contributed by atoms with Crippen molar-refractivity contribution in [3.63, 3.8) is 0 Å². The molecular formula is C14H17NO. The summed E-state index contributed by atoms with van der Waals surface area (Å²) >= 11 is 0. The molecule has 0 amide bonds. The topological polar surface area (TPSA) is 21.6 Å². The molecule has 2 atom stereocenters. The van der Waals surface area contributed by atoms with Gasteiger partial charge in [0, 0.05) is 5.71 Å². The fraction of sp³-hybridized carbons (Fsp3) is 0.500. The van der Waals surface area contributed by atoms with Crippen molar-refractivity contribution in [2.75, 3.05) is 7.11 Å².